The molecule has 0 saturated carbocycles. The molecule has 33 heavy (non-hydrogen) atoms. The Labute approximate surface area is 193 Å². The topological polar surface area (TPSA) is 103 Å². The smallest absolute Gasteiger partial charge is 0.269 e. The number of aromatic nitrogens is 2. The van der Waals surface area contributed by atoms with Gasteiger partial charge in [0, 0.05) is 18.5 Å². The van der Waals surface area contributed by atoms with Crippen LogP contribution in [0.5, 0.6) is 17.2 Å². The SMILES string of the molecule is COc1cc(Oc2ccccc2)ccc1-n1nc2c(c1C(N)=O)NCCC2C1CCNCC1. The second kappa shape index (κ2) is 9.15. The lowest BCUT2D eigenvalue weighted by Gasteiger charge is -2.33. The van der Waals surface area contributed by atoms with E-state index in [1.807, 2.05) is 42.5 Å². The summed E-state index contributed by atoms with van der Waals surface area (Å²) in [6, 6.07) is 15.0. The zero-order chi connectivity index (χ0) is 22.8. The molecule has 5 rings (SSSR count). The molecule has 1 saturated heterocycles. The van der Waals surface area contributed by atoms with Gasteiger partial charge in [-0.05, 0) is 62.5 Å². The van der Waals surface area contributed by atoms with Gasteiger partial charge in [-0.1, -0.05) is 18.2 Å². The van der Waals surface area contributed by atoms with Gasteiger partial charge in [0.15, 0.2) is 5.69 Å². The van der Waals surface area contributed by atoms with Gasteiger partial charge in [0.05, 0.1) is 18.5 Å². The average Bonchev–Trinajstić information content (AvgIpc) is 3.25. The summed E-state index contributed by atoms with van der Waals surface area (Å²) in [7, 11) is 1.59. The molecule has 3 heterocycles. The highest BCUT2D eigenvalue weighted by Crippen LogP contribution is 2.42. The summed E-state index contributed by atoms with van der Waals surface area (Å²) in [6.45, 7) is 2.84. The van der Waals surface area contributed by atoms with Crippen LogP contribution in [0, 0.1) is 5.92 Å². The molecule has 0 aliphatic carbocycles. The van der Waals surface area contributed by atoms with Crippen LogP contribution in [0.25, 0.3) is 5.69 Å². The molecular formula is C25H29N5O3. The van der Waals surface area contributed by atoms with Crippen LogP contribution in [-0.4, -0.2) is 42.4 Å². The zero-order valence-electron chi connectivity index (χ0n) is 18.7. The Hall–Kier alpha value is -3.52. The molecule has 8 nitrogen and oxygen atoms in total. The molecule has 1 aromatic heterocycles. The quantitative estimate of drug-likeness (QED) is 0.533. The molecule has 2 aliphatic heterocycles. The summed E-state index contributed by atoms with van der Waals surface area (Å²) >= 11 is 0. The molecule has 1 fully saturated rings. The number of ether oxygens (including phenoxy) is 2. The van der Waals surface area contributed by atoms with Gasteiger partial charge < -0.3 is 25.8 Å². The van der Waals surface area contributed by atoms with E-state index in [4.69, 9.17) is 20.3 Å². The molecule has 2 aliphatic rings. The molecular weight excluding hydrogens is 418 g/mol. The van der Waals surface area contributed by atoms with E-state index >= 15 is 0 Å². The number of carbonyl (C=O) groups excluding carboxylic acids is 1. The number of methoxy groups -OCH3 is 1. The van der Waals surface area contributed by atoms with Crippen molar-refractivity contribution in [1.29, 1.82) is 0 Å². The lowest BCUT2D eigenvalue weighted by molar-refractivity contribution is 0.0993. The van der Waals surface area contributed by atoms with Gasteiger partial charge in [0.25, 0.3) is 5.91 Å². The van der Waals surface area contributed by atoms with E-state index in [9.17, 15) is 4.79 Å². The fourth-order valence-electron chi connectivity index (χ4n) is 4.99. The predicted octanol–water partition coefficient (Wildman–Crippen LogP) is 3.67. The van der Waals surface area contributed by atoms with Crippen LogP contribution in [0.15, 0.2) is 48.5 Å². The number of para-hydroxylation sites is 1. The van der Waals surface area contributed by atoms with Crippen molar-refractivity contribution < 1.29 is 14.3 Å². The highest BCUT2D eigenvalue weighted by Gasteiger charge is 2.35. The largest absolute Gasteiger partial charge is 0.494 e. The van der Waals surface area contributed by atoms with Gasteiger partial charge in [-0.3, -0.25) is 4.79 Å². The van der Waals surface area contributed by atoms with Gasteiger partial charge in [-0.25, -0.2) is 4.68 Å². The molecule has 1 amide bonds. The number of amides is 1. The van der Waals surface area contributed by atoms with E-state index < -0.39 is 5.91 Å². The van der Waals surface area contributed by atoms with E-state index in [0.717, 1.165) is 56.0 Å². The van der Waals surface area contributed by atoms with Gasteiger partial charge in [0.2, 0.25) is 0 Å². The minimum absolute atomic E-state index is 0.300. The molecule has 1 unspecified atom stereocenters. The van der Waals surface area contributed by atoms with Crippen LogP contribution in [0.2, 0.25) is 0 Å². The lowest BCUT2D eigenvalue weighted by Crippen LogP contribution is -2.33. The van der Waals surface area contributed by atoms with E-state index in [1.165, 1.54) is 0 Å². The van der Waals surface area contributed by atoms with Crippen LogP contribution in [-0.2, 0) is 0 Å². The summed E-state index contributed by atoms with van der Waals surface area (Å²) in [5, 5.41) is 11.8. The van der Waals surface area contributed by atoms with Crippen molar-refractivity contribution in [3.63, 3.8) is 0 Å². The number of nitrogens with two attached hydrogens (primary N) is 1. The molecule has 172 valence electrons. The Balaban J connectivity index is 1.55. The maximum absolute atomic E-state index is 12.6. The maximum Gasteiger partial charge on any atom is 0.269 e. The third-order valence-corrected chi connectivity index (χ3v) is 6.57. The van der Waals surface area contributed by atoms with E-state index in [0.29, 0.717) is 34.7 Å². The van der Waals surface area contributed by atoms with Crippen molar-refractivity contribution in [3.8, 4) is 22.9 Å². The first-order valence-electron chi connectivity index (χ1n) is 11.4. The monoisotopic (exact) mass is 447 g/mol. The van der Waals surface area contributed by atoms with Crippen molar-refractivity contribution in [2.24, 2.45) is 11.7 Å². The standard InChI is InChI=1S/C25H29N5O3/c1-32-21-15-18(33-17-5-3-2-4-6-17)7-8-20(21)30-24(25(26)31)23-22(29-30)19(11-14-28-23)16-9-12-27-13-10-16/h2-8,15-16,19,27-28H,9-14H2,1H3,(H2,26,31). The first-order chi connectivity index (χ1) is 16.2. The van der Waals surface area contributed by atoms with Gasteiger partial charge >= 0.3 is 0 Å². The number of hydrogen-bond acceptors (Lipinski definition) is 6. The van der Waals surface area contributed by atoms with Gasteiger partial charge in [0.1, 0.15) is 22.9 Å². The Morgan fingerprint density at radius 3 is 2.58 bits per heavy atom. The number of rotatable bonds is 6. The van der Waals surface area contributed by atoms with Crippen LogP contribution >= 0.6 is 0 Å². The van der Waals surface area contributed by atoms with Crippen molar-refractivity contribution in [2.45, 2.75) is 25.2 Å². The summed E-state index contributed by atoms with van der Waals surface area (Å²) < 4.78 is 13.2. The Morgan fingerprint density at radius 2 is 1.85 bits per heavy atom. The summed E-state index contributed by atoms with van der Waals surface area (Å²) in [6.07, 6.45) is 3.21. The Morgan fingerprint density at radius 1 is 1.06 bits per heavy atom. The fourth-order valence-corrected chi connectivity index (χ4v) is 4.99. The third-order valence-electron chi connectivity index (χ3n) is 6.57. The summed E-state index contributed by atoms with van der Waals surface area (Å²) in [5.74, 6) is 2.23. The number of nitrogens with zero attached hydrogens (tertiary/aromatic N) is 2. The zero-order valence-corrected chi connectivity index (χ0v) is 18.7. The third kappa shape index (κ3) is 4.14. The number of hydrogen-bond donors (Lipinski definition) is 3. The number of benzene rings is 2. The first-order valence-corrected chi connectivity index (χ1v) is 11.4. The highest BCUT2D eigenvalue weighted by molar-refractivity contribution is 5.98. The second-order valence-corrected chi connectivity index (χ2v) is 8.54. The molecule has 1 atom stereocenters. The summed E-state index contributed by atoms with van der Waals surface area (Å²) in [5.41, 5.74) is 8.54. The van der Waals surface area contributed by atoms with Crippen molar-refractivity contribution in [1.82, 2.24) is 15.1 Å². The van der Waals surface area contributed by atoms with Gasteiger partial charge in [-0.2, -0.15) is 5.10 Å². The normalized spacial score (nSPS) is 18.3. The van der Waals surface area contributed by atoms with E-state index in [-0.39, 0.29) is 0 Å². The Kier molecular flexibility index (Phi) is 5.92. The molecule has 0 spiro atoms. The van der Waals surface area contributed by atoms with E-state index in [1.54, 1.807) is 17.9 Å². The minimum atomic E-state index is -0.520. The average molecular weight is 448 g/mol. The number of piperidine rings is 1. The van der Waals surface area contributed by atoms with E-state index in [2.05, 4.69) is 10.6 Å². The van der Waals surface area contributed by atoms with Crippen LogP contribution in [0.3, 0.4) is 0 Å². The van der Waals surface area contributed by atoms with Crippen molar-refractivity contribution in [3.05, 3.63) is 59.9 Å². The maximum atomic E-state index is 12.6. The number of nitrogens with one attached hydrogen (secondary N) is 2. The molecule has 3 aromatic rings. The lowest BCUT2D eigenvalue weighted by atomic mass is 9.79. The van der Waals surface area contributed by atoms with Crippen LogP contribution < -0.4 is 25.8 Å². The van der Waals surface area contributed by atoms with Crippen LogP contribution in [0.4, 0.5) is 5.69 Å². The molecule has 2 aromatic carbocycles. The summed E-state index contributed by atoms with van der Waals surface area (Å²) in [4.78, 5) is 12.6. The van der Waals surface area contributed by atoms with Crippen LogP contribution in [0.1, 0.15) is 41.4 Å². The predicted molar refractivity (Wildman–Crippen MR) is 127 cm³/mol. The number of primary amides is 1. The highest BCUT2D eigenvalue weighted by atomic mass is 16.5. The fraction of sp³-hybridized carbons (Fsp3) is 0.360. The van der Waals surface area contributed by atoms with Crippen molar-refractivity contribution in [2.75, 3.05) is 32.1 Å². The second-order valence-electron chi connectivity index (χ2n) is 8.54. The van der Waals surface area contributed by atoms with Gasteiger partial charge in [-0.15, -0.1) is 0 Å². The molecule has 8 heteroatoms. The number of anilines is 1. The number of fused-ring (bicyclic) bond motifs is 1. The van der Waals surface area contributed by atoms with Crippen molar-refractivity contribution >= 4 is 11.6 Å². The first kappa shape index (κ1) is 21.3. The molecule has 0 radical (unpaired) electrons. The molecule has 4 N–H and O–H groups in total. The molecule has 0 bridgehead atoms. The minimum Gasteiger partial charge on any atom is -0.494 e. The Bertz CT molecular complexity index is 1140. The number of carbonyl (C=O) groups is 1.